The van der Waals surface area contributed by atoms with Crippen molar-refractivity contribution in [2.75, 3.05) is 6.54 Å². The Bertz CT molecular complexity index is 284. The van der Waals surface area contributed by atoms with Gasteiger partial charge in [0, 0.05) is 30.7 Å². The van der Waals surface area contributed by atoms with Crippen molar-refractivity contribution in [2.24, 2.45) is 5.92 Å². The van der Waals surface area contributed by atoms with Crippen LogP contribution in [0.4, 0.5) is 0 Å². The van der Waals surface area contributed by atoms with Crippen LogP contribution in [-0.2, 0) is 9.59 Å². The van der Waals surface area contributed by atoms with Gasteiger partial charge in [-0.05, 0) is 6.08 Å². The monoisotopic (exact) mass is 193 g/mol. The molecule has 0 aliphatic carbocycles. The summed E-state index contributed by atoms with van der Waals surface area (Å²) in [6, 6.07) is 0. The number of hydrogen-bond donors (Lipinski definition) is 0. The van der Waals surface area contributed by atoms with Gasteiger partial charge in [-0.15, -0.1) is 0 Å². The molecule has 0 unspecified atom stereocenters. The highest BCUT2D eigenvalue weighted by Crippen LogP contribution is 2.13. The van der Waals surface area contributed by atoms with E-state index in [1.165, 1.54) is 11.0 Å². The van der Waals surface area contributed by atoms with E-state index in [0.717, 1.165) is 0 Å². The lowest BCUT2D eigenvalue weighted by Gasteiger charge is -2.16. The Morgan fingerprint density at radius 2 is 2.14 bits per heavy atom. The lowest BCUT2D eigenvalue weighted by molar-refractivity contribution is -0.125. The van der Waals surface area contributed by atoms with Gasteiger partial charge in [-0.1, -0.05) is 20.4 Å². The molecule has 76 valence electrons. The zero-order valence-corrected chi connectivity index (χ0v) is 8.62. The lowest BCUT2D eigenvalue weighted by atomic mass is 10.1. The molecule has 0 saturated heterocycles. The summed E-state index contributed by atoms with van der Waals surface area (Å²) in [5.74, 6) is 0.137. The number of nitrogens with zero attached hydrogens (tertiary/aromatic N) is 1. The van der Waals surface area contributed by atoms with Gasteiger partial charge < -0.3 is 4.90 Å². The minimum absolute atomic E-state index is 0.0360. The van der Waals surface area contributed by atoms with Crippen LogP contribution in [0.25, 0.3) is 0 Å². The summed E-state index contributed by atoms with van der Waals surface area (Å²) in [6.45, 7) is 7.89. The number of carbonyl (C=O) groups is 2. The molecule has 0 aromatic heterocycles. The zero-order chi connectivity index (χ0) is 10.7. The summed E-state index contributed by atoms with van der Waals surface area (Å²) >= 11 is 0. The van der Waals surface area contributed by atoms with E-state index in [2.05, 4.69) is 6.58 Å². The topological polar surface area (TPSA) is 37.4 Å². The lowest BCUT2D eigenvalue weighted by Crippen LogP contribution is -2.27. The van der Waals surface area contributed by atoms with Crippen molar-refractivity contribution in [3.8, 4) is 0 Å². The summed E-state index contributed by atoms with van der Waals surface area (Å²) in [4.78, 5) is 24.1. The first kappa shape index (κ1) is 10.7. The molecule has 14 heavy (non-hydrogen) atoms. The fourth-order valence-corrected chi connectivity index (χ4v) is 1.25. The Kier molecular flexibility index (Phi) is 3.23. The Morgan fingerprint density at radius 1 is 1.50 bits per heavy atom. The molecule has 0 aromatic rings. The fraction of sp³-hybridized carbons (Fsp3) is 0.455. The predicted octanol–water partition coefficient (Wildman–Crippen LogP) is 1.51. The van der Waals surface area contributed by atoms with Crippen molar-refractivity contribution in [2.45, 2.75) is 20.3 Å². The van der Waals surface area contributed by atoms with E-state index < -0.39 is 0 Å². The average Bonchev–Trinajstić information content (AvgIpc) is 2.43. The molecule has 3 nitrogen and oxygen atoms in total. The Morgan fingerprint density at radius 3 is 2.57 bits per heavy atom. The Balaban J connectivity index is 2.43. The van der Waals surface area contributed by atoms with E-state index in [-0.39, 0.29) is 17.6 Å². The minimum atomic E-state index is -0.0773. The van der Waals surface area contributed by atoms with Gasteiger partial charge in [-0.2, -0.15) is 0 Å². The molecule has 0 N–H and O–H groups in total. The zero-order valence-electron chi connectivity index (χ0n) is 8.62. The van der Waals surface area contributed by atoms with Crippen molar-refractivity contribution in [1.29, 1.82) is 0 Å². The van der Waals surface area contributed by atoms with Crippen molar-refractivity contribution >= 4 is 11.7 Å². The maximum absolute atomic E-state index is 11.3. The van der Waals surface area contributed by atoms with Crippen molar-refractivity contribution in [1.82, 2.24) is 4.90 Å². The van der Waals surface area contributed by atoms with E-state index in [9.17, 15) is 9.59 Å². The second kappa shape index (κ2) is 4.22. The highest BCUT2D eigenvalue weighted by molar-refractivity contribution is 5.93. The molecule has 0 fully saturated rings. The first-order valence-electron chi connectivity index (χ1n) is 4.73. The number of allylic oxidation sites excluding steroid dienone is 1. The minimum Gasteiger partial charge on any atom is -0.309 e. The van der Waals surface area contributed by atoms with Crippen LogP contribution in [0.1, 0.15) is 20.3 Å². The second-order valence-electron chi connectivity index (χ2n) is 3.69. The number of amides is 1. The molecule has 1 rings (SSSR count). The van der Waals surface area contributed by atoms with Crippen LogP contribution in [0, 0.1) is 5.92 Å². The molecule has 0 radical (unpaired) electrons. The van der Waals surface area contributed by atoms with Crippen LogP contribution in [0.2, 0.25) is 0 Å². The molecule has 0 saturated carbocycles. The van der Waals surface area contributed by atoms with Gasteiger partial charge in [0.05, 0.1) is 0 Å². The first-order valence-corrected chi connectivity index (χ1v) is 4.73. The summed E-state index contributed by atoms with van der Waals surface area (Å²) in [6.07, 6.45) is 3.55. The average molecular weight is 193 g/mol. The van der Waals surface area contributed by atoms with Gasteiger partial charge >= 0.3 is 0 Å². The largest absolute Gasteiger partial charge is 0.309 e. The maximum atomic E-state index is 11.3. The molecule has 1 amide bonds. The van der Waals surface area contributed by atoms with Crippen molar-refractivity contribution in [3.63, 3.8) is 0 Å². The maximum Gasteiger partial charge on any atom is 0.251 e. The summed E-state index contributed by atoms with van der Waals surface area (Å²) in [5, 5.41) is 0. The highest BCUT2D eigenvalue weighted by atomic mass is 16.2. The number of hydrogen-bond acceptors (Lipinski definition) is 2. The molecular formula is C11H15NO2. The molecular weight excluding hydrogens is 178 g/mol. The third-order valence-corrected chi connectivity index (χ3v) is 2.26. The third-order valence-electron chi connectivity index (χ3n) is 2.26. The van der Waals surface area contributed by atoms with Crippen LogP contribution in [-0.4, -0.2) is 23.1 Å². The van der Waals surface area contributed by atoms with Gasteiger partial charge in [0.1, 0.15) is 5.78 Å². The van der Waals surface area contributed by atoms with Crippen LogP contribution >= 0.6 is 0 Å². The smallest absolute Gasteiger partial charge is 0.251 e. The van der Waals surface area contributed by atoms with Crippen LogP contribution in [0.3, 0.4) is 0 Å². The molecule has 0 spiro atoms. The number of rotatable bonds is 4. The van der Waals surface area contributed by atoms with Crippen molar-refractivity contribution in [3.05, 3.63) is 24.4 Å². The standard InChI is InChI=1S/C11H15NO2/c1-8(2)10(13)6-7-12-9(3)4-5-11(12)14/h4-5,8H,3,6-7H2,1-2H3. The van der Waals surface area contributed by atoms with Gasteiger partial charge in [-0.25, -0.2) is 0 Å². The van der Waals surface area contributed by atoms with E-state index >= 15 is 0 Å². The summed E-state index contributed by atoms with van der Waals surface area (Å²) in [5.41, 5.74) is 0.673. The predicted molar refractivity (Wildman–Crippen MR) is 54.5 cm³/mol. The normalized spacial score (nSPS) is 15.8. The van der Waals surface area contributed by atoms with Gasteiger partial charge in [0.25, 0.3) is 5.91 Å². The van der Waals surface area contributed by atoms with E-state index in [0.29, 0.717) is 18.7 Å². The number of carbonyl (C=O) groups excluding carboxylic acids is 2. The Hall–Kier alpha value is -1.38. The second-order valence-corrected chi connectivity index (χ2v) is 3.69. The van der Waals surface area contributed by atoms with Crippen LogP contribution in [0.5, 0.6) is 0 Å². The quantitative estimate of drug-likeness (QED) is 0.678. The number of Topliss-reactive ketones (excluding diaryl/α,β-unsaturated/α-hetero) is 1. The molecule has 3 heteroatoms. The third kappa shape index (κ3) is 2.31. The SMILES string of the molecule is C=C1C=CC(=O)N1CCC(=O)C(C)C. The summed E-state index contributed by atoms with van der Waals surface area (Å²) < 4.78 is 0. The van der Waals surface area contributed by atoms with Crippen LogP contribution < -0.4 is 0 Å². The molecule has 0 aromatic carbocycles. The molecule has 0 atom stereocenters. The van der Waals surface area contributed by atoms with Gasteiger partial charge in [0.2, 0.25) is 0 Å². The number of ketones is 1. The fourth-order valence-electron chi connectivity index (χ4n) is 1.25. The Labute approximate surface area is 84.1 Å². The first-order chi connectivity index (χ1) is 6.52. The molecule has 1 aliphatic heterocycles. The molecule has 0 bridgehead atoms. The van der Waals surface area contributed by atoms with Crippen molar-refractivity contribution < 1.29 is 9.59 Å². The van der Waals surface area contributed by atoms with E-state index in [4.69, 9.17) is 0 Å². The van der Waals surface area contributed by atoms with Gasteiger partial charge in [0.15, 0.2) is 0 Å². The molecule has 1 heterocycles. The van der Waals surface area contributed by atoms with Gasteiger partial charge in [-0.3, -0.25) is 9.59 Å². The van der Waals surface area contributed by atoms with E-state index in [1.807, 2.05) is 13.8 Å². The highest BCUT2D eigenvalue weighted by Gasteiger charge is 2.19. The molecule has 1 aliphatic rings. The van der Waals surface area contributed by atoms with Crippen LogP contribution in [0.15, 0.2) is 24.4 Å². The summed E-state index contributed by atoms with van der Waals surface area (Å²) in [7, 11) is 0. The van der Waals surface area contributed by atoms with E-state index in [1.54, 1.807) is 6.08 Å².